The van der Waals surface area contributed by atoms with Gasteiger partial charge in [0.25, 0.3) is 5.91 Å². The minimum Gasteiger partial charge on any atom is -0.360 e. The van der Waals surface area contributed by atoms with Crippen LogP contribution in [0.15, 0.2) is 66.7 Å². The lowest BCUT2D eigenvalue weighted by atomic mass is 10.0. The Balaban J connectivity index is 1.76. The van der Waals surface area contributed by atoms with Crippen LogP contribution in [-0.4, -0.2) is 5.91 Å². The molecule has 1 unspecified atom stereocenters. The molecule has 3 aromatic rings. The molecular weight excluding hydrogens is 403 g/mol. The van der Waals surface area contributed by atoms with Crippen LogP contribution in [0.3, 0.4) is 0 Å². The van der Waals surface area contributed by atoms with Gasteiger partial charge in [0, 0.05) is 11.4 Å². The Morgan fingerprint density at radius 2 is 1.72 bits per heavy atom. The van der Waals surface area contributed by atoms with E-state index in [0.29, 0.717) is 15.6 Å². The number of rotatable bonds is 5. The van der Waals surface area contributed by atoms with Crippen LogP contribution in [0.5, 0.6) is 0 Å². The van der Waals surface area contributed by atoms with Crippen molar-refractivity contribution in [3.63, 3.8) is 0 Å². The average molecular weight is 425 g/mol. The lowest BCUT2D eigenvalue weighted by Gasteiger charge is -2.38. The number of hydrogen-bond acceptors (Lipinski definition) is 2. The van der Waals surface area contributed by atoms with Gasteiger partial charge in [0.15, 0.2) is 0 Å². The van der Waals surface area contributed by atoms with Crippen LogP contribution < -0.4 is 10.2 Å². The van der Waals surface area contributed by atoms with Gasteiger partial charge in [-0.1, -0.05) is 66.9 Å². The Labute approximate surface area is 181 Å². The van der Waals surface area contributed by atoms with Crippen LogP contribution in [0.4, 0.5) is 11.4 Å². The number of amides is 1. The topological polar surface area (TPSA) is 32.3 Å². The summed E-state index contributed by atoms with van der Waals surface area (Å²) in [6, 6.07) is 21.3. The molecule has 0 spiro atoms. The van der Waals surface area contributed by atoms with Crippen LogP contribution in [0.25, 0.3) is 0 Å². The predicted molar refractivity (Wildman–Crippen MR) is 121 cm³/mol. The highest BCUT2D eigenvalue weighted by Crippen LogP contribution is 2.38. The van der Waals surface area contributed by atoms with E-state index in [1.807, 2.05) is 48.5 Å². The Kier molecular flexibility index (Phi) is 5.79. The van der Waals surface area contributed by atoms with Crippen molar-refractivity contribution >= 4 is 40.5 Å². The van der Waals surface area contributed by atoms with Gasteiger partial charge in [-0.3, -0.25) is 9.69 Å². The number of unbranched alkanes of at least 4 members (excludes halogenated alkanes) is 1. The van der Waals surface area contributed by atoms with Gasteiger partial charge in [-0.2, -0.15) is 0 Å². The first kappa shape index (κ1) is 19.8. The molecule has 1 aliphatic rings. The molecule has 0 saturated heterocycles. The average Bonchev–Trinajstić information content (AvgIpc) is 2.75. The molecule has 29 heavy (non-hydrogen) atoms. The van der Waals surface area contributed by atoms with Gasteiger partial charge in [0.2, 0.25) is 0 Å². The summed E-state index contributed by atoms with van der Waals surface area (Å²) >= 11 is 12.4. The van der Waals surface area contributed by atoms with Crippen molar-refractivity contribution in [1.82, 2.24) is 0 Å². The van der Waals surface area contributed by atoms with Crippen LogP contribution in [-0.2, 0) is 6.42 Å². The molecular formula is C24H22Cl2N2O. The van der Waals surface area contributed by atoms with E-state index in [9.17, 15) is 4.79 Å². The Morgan fingerprint density at radius 3 is 2.45 bits per heavy atom. The first-order valence-corrected chi connectivity index (χ1v) is 10.6. The molecule has 3 aromatic carbocycles. The number of carbonyl (C=O) groups is 1. The fraction of sp³-hybridized carbons (Fsp3) is 0.208. The molecule has 1 heterocycles. The second kappa shape index (κ2) is 8.48. The van der Waals surface area contributed by atoms with Crippen LogP contribution in [0, 0.1) is 0 Å². The van der Waals surface area contributed by atoms with Crippen molar-refractivity contribution < 1.29 is 4.79 Å². The van der Waals surface area contributed by atoms with Crippen molar-refractivity contribution in [1.29, 1.82) is 0 Å². The molecule has 3 nitrogen and oxygen atoms in total. The van der Waals surface area contributed by atoms with Crippen LogP contribution in [0.1, 0.15) is 47.4 Å². The summed E-state index contributed by atoms with van der Waals surface area (Å²) < 4.78 is 0. The van der Waals surface area contributed by atoms with Crippen LogP contribution >= 0.6 is 23.2 Å². The van der Waals surface area contributed by atoms with Crippen molar-refractivity contribution in [2.45, 2.75) is 32.4 Å². The first-order chi connectivity index (χ1) is 14.1. The zero-order chi connectivity index (χ0) is 20.4. The van der Waals surface area contributed by atoms with E-state index in [1.54, 1.807) is 11.0 Å². The highest BCUT2D eigenvalue weighted by Gasteiger charge is 2.34. The Hall–Kier alpha value is -2.49. The fourth-order valence-electron chi connectivity index (χ4n) is 3.64. The van der Waals surface area contributed by atoms with Gasteiger partial charge < -0.3 is 5.32 Å². The molecule has 1 amide bonds. The number of carbonyl (C=O) groups excluding carboxylic acids is 1. The number of fused-ring (bicyclic) bond motifs is 1. The summed E-state index contributed by atoms with van der Waals surface area (Å²) in [5.41, 5.74) is 4.45. The van der Waals surface area contributed by atoms with Gasteiger partial charge in [0.05, 0.1) is 15.6 Å². The standard InChI is InChI=1S/C24H22Cl2N2O/c1-2-3-6-16-9-12-18(13-10-16)28-23(17-11-14-20(25)21(26)15-17)27-22-8-5-4-7-19(22)24(28)29/h4-5,7-15,23,27H,2-3,6H2,1H3. The summed E-state index contributed by atoms with van der Waals surface area (Å²) in [6.07, 6.45) is 2.98. The number of para-hydroxylation sites is 1. The lowest BCUT2D eigenvalue weighted by molar-refractivity contribution is 0.0975. The number of benzene rings is 3. The molecule has 0 radical (unpaired) electrons. The van der Waals surface area contributed by atoms with E-state index < -0.39 is 0 Å². The SMILES string of the molecule is CCCCc1ccc(N2C(=O)c3ccccc3NC2c2ccc(Cl)c(Cl)c2)cc1. The lowest BCUT2D eigenvalue weighted by Crippen LogP contribution is -2.43. The minimum absolute atomic E-state index is 0.0447. The third-order valence-corrected chi connectivity index (χ3v) is 5.96. The smallest absolute Gasteiger partial charge is 0.262 e. The maximum atomic E-state index is 13.4. The number of hydrogen-bond donors (Lipinski definition) is 1. The van der Waals surface area contributed by atoms with Gasteiger partial charge in [-0.05, 0) is 60.4 Å². The number of nitrogens with zero attached hydrogens (tertiary/aromatic N) is 1. The van der Waals surface area contributed by atoms with E-state index in [4.69, 9.17) is 23.2 Å². The van der Waals surface area contributed by atoms with Crippen molar-refractivity contribution in [3.05, 3.63) is 93.5 Å². The van der Waals surface area contributed by atoms with Crippen molar-refractivity contribution in [3.8, 4) is 0 Å². The number of anilines is 2. The Morgan fingerprint density at radius 1 is 0.966 bits per heavy atom. The maximum absolute atomic E-state index is 13.4. The second-order valence-corrected chi connectivity index (χ2v) is 8.03. The van der Waals surface area contributed by atoms with E-state index in [0.717, 1.165) is 36.2 Å². The molecule has 0 aliphatic carbocycles. The summed E-state index contributed by atoms with van der Waals surface area (Å²) in [4.78, 5) is 15.2. The monoisotopic (exact) mass is 424 g/mol. The summed E-state index contributed by atoms with van der Waals surface area (Å²) in [5.74, 6) is -0.0447. The first-order valence-electron chi connectivity index (χ1n) is 9.81. The number of aryl methyl sites for hydroxylation is 1. The van der Waals surface area contributed by atoms with E-state index in [-0.39, 0.29) is 12.1 Å². The zero-order valence-corrected chi connectivity index (χ0v) is 17.7. The van der Waals surface area contributed by atoms with E-state index >= 15 is 0 Å². The van der Waals surface area contributed by atoms with Crippen molar-refractivity contribution in [2.75, 3.05) is 10.2 Å². The van der Waals surface area contributed by atoms with Gasteiger partial charge in [-0.25, -0.2) is 0 Å². The van der Waals surface area contributed by atoms with Gasteiger partial charge >= 0.3 is 0 Å². The summed E-state index contributed by atoms with van der Waals surface area (Å²) in [6.45, 7) is 2.19. The molecule has 0 bridgehead atoms. The second-order valence-electron chi connectivity index (χ2n) is 7.21. The highest BCUT2D eigenvalue weighted by atomic mass is 35.5. The third-order valence-electron chi connectivity index (χ3n) is 5.22. The Bertz CT molecular complexity index is 1030. The molecule has 0 saturated carbocycles. The van der Waals surface area contributed by atoms with Crippen molar-refractivity contribution in [2.24, 2.45) is 0 Å². The number of halogens is 2. The van der Waals surface area contributed by atoms with E-state index in [2.05, 4.69) is 24.4 Å². The molecule has 0 aromatic heterocycles. The zero-order valence-electron chi connectivity index (χ0n) is 16.2. The van der Waals surface area contributed by atoms with Crippen LogP contribution in [0.2, 0.25) is 10.0 Å². The quantitative estimate of drug-likeness (QED) is 0.473. The summed E-state index contributed by atoms with van der Waals surface area (Å²) in [7, 11) is 0. The van der Waals surface area contributed by atoms with E-state index in [1.165, 1.54) is 5.56 Å². The molecule has 148 valence electrons. The normalized spacial score (nSPS) is 15.8. The van der Waals surface area contributed by atoms with Gasteiger partial charge in [-0.15, -0.1) is 0 Å². The fourth-order valence-corrected chi connectivity index (χ4v) is 3.95. The maximum Gasteiger partial charge on any atom is 0.262 e. The molecule has 1 N–H and O–H groups in total. The number of nitrogens with one attached hydrogen (secondary N) is 1. The van der Waals surface area contributed by atoms with Gasteiger partial charge in [0.1, 0.15) is 6.17 Å². The molecule has 5 heteroatoms. The third kappa shape index (κ3) is 3.98. The molecule has 4 rings (SSSR count). The molecule has 1 aliphatic heterocycles. The predicted octanol–water partition coefficient (Wildman–Crippen LogP) is 7.11. The largest absolute Gasteiger partial charge is 0.360 e. The minimum atomic E-state index is -0.381. The molecule has 0 fully saturated rings. The summed E-state index contributed by atoms with van der Waals surface area (Å²) in [5, 5.41) is 4.45. The molecule has 1 atom stereocenters. The highest BCUT2D eigenvalue weighted by molar-refractivity contribution is 6.42.